The van der Waals surface area contributed by atoms with E-state index in [1.165, 1.54) is 6.42 Å². The molecule has 2 atom stereocenters. The van der Waals surface area contributed by atoms with Crippen LogP contribution in [0.1, 0.15) is 33.1 Å². The predicted octanol–water partition coefficient (Wildman–Crippen LogP) is 2.01. The molecule has 0 aliphatic heterocycles. The van der Waals surface area contributed by atoms with E-state index in [-0.39, 0.29) is 0 Å². The molecule has 1 nitrogen and oxygen atoms in total. The first-order chi connectivity index (χ1) is 4.62. The van der Waals surface area contributed by atoms with Crippen LogP contribution < -0.4 is 0 Å². The fourth-order valence-corrected chi connectivity index (χ4v) is 2.54. The van der Waals surface area contributed by atoms with Crippen molar-refractivity contribution < 1.29 is 4.79 Å². The second-order valence-corrected chi connectivity index (χ2v) is 4.31. The van der Waals surface area contributed by atoms with E-state index in [1.54, 1.807) is 0 Å². The molecule has 0 aromatic carbocycles. The van der Waals surface area contributed by atoms with E-state index < -0.39 is 0 Å². The largest absolute Gasteiger partial charge is 0.299 e. The van der Waals surface area contributed by atoms with Crippen LogP contribution in [0.4, 0.5) is 0 Å². The number of Topliss-reactive ketones (excluding diaryl/α,β-unsaturated/α-hetero) is 1. The fourth-order valence-electron chi connectivity index (χ4n) is 2.54. The highest BCUT2D eigenvalue weighted by atomic mass is 16.1. The van der Waals surface area contributed by atoms with Crippen LogP contribution in [-0.2, 0) is 4.79 Å². The zero-order valence-electron chi connectivity index (χ0n) is 6.68. The average molecular weight is 138 g/mol. The molecular weight excluding hydrogens is 124 g/mol. The van der Waals surface area contributed by atoms with Crippen molar-refractivity contribution in [2.24, 2.45) is 17.3 Å². The Balaban J connectivity index is 2.23. The van der Waals surface area contributed by atoms with Gasteiger partial charge in [-0.25, -0.2) is 0 Å². The molecule has 3 saturated carbocycles. The van der Waals surface area contributed by atoms with Gasteiger partial charge < -0.3 is 0 Å². The third-order valence-corrected chi connectivity index (χ3v) is 3.60. The minimum absolute atomic E-state index is 0.356. The van der Waals surface area contributed by atoms with Crippen molar-refractivity contribution in [3.8, 4) is 0 Å². The molecule has 0 saturated heterocycles. The van der Waals surface area contributed by atoms with Crippen LogP contribution in [0.15, 0.2) is 0 Å². The molecule has 3 aliphatic carbocycles. The van der Waals surface area contributed by atoms with Crippen molar-refractivity contribution in [3.05, 3.63) is 0 Å². The summed E-state index contributed by atoms with van der Waals surface area (Å²) in [7, 11) is 0. The minimum atomic E-state index is 0.356. The van der Waals surface area contributed by atoms with Crippen LogP contribution in [-0.4, -0.2) is 5.78 Å². The van der Waals surface area contributed by atoms with Gasteiger partial charge in [0.25, 0.3) is 0 Å². The molecule has 0 heterocycles. The highest BCUT2D eigenvalue weighted by Gasteiger charge is 2.53. The number of carbonyl (C=O) groups is 1. The Bertz CT molecular complexity index is 179. The number of hydrogen-bond acceptors (Lipinski definition) is 1. The van der Waals surface area contributed by atoms with Gasteiger partial charge in [-0.2, -0.15) is 0 Å². The topological polar surface area (TPSA) is 17.1 Å². The van der Waals surface area contributed by atoms with E-state index in [1.807, 2.05) is 0 Å². The zero-order valence-corrected chi connectivity index (χ0v) is 6.68. The number of hydrogen-bond donors (Lipinski definition) is 0. The van der Waals surface area contributed by atoms with Gasteiger partial charge in [0.05, 0.1) is 0 Å². The lowest BCUT2D eigenvalue weighted by Gasteiger charge is -2.55. The van der Waals surface area contributed by atoms with E-state index >= 15 is 0 Å². The molecule has 0 N–H and O–H groups in total. The van der Waals surface area contributed by atoms with E-state index in [2.05, 4.69) is 13.8 Å². The number of ketones is 1. The third kappa shape index (κ3) is 0.561. The number of rotatable bonds is 0. The molecular formula is C9H14O. The van der Waals surface area contributed by atoms with Crippen molar-refractivity contribution in [3.63, 3.8) is 0 Å². The van der Waals surface area contributed by atoms with E-state index in [4.69, 9.17) is 0 Å². The predicted molar refractivity (Wildman–Crippen MR) is 39.6 cm³/mol. The van der Waals surface area contributed by atoms with Crippen molar-refractivity contribution in [2.75, 3.05) is 0 Å². The lowest BCUT2D eigenvalue weighted by Crippen LogP contribution is -2.52. The third-order valence-electron chi connectivity index (χ3n) is 3.60. The van der Waals surface area contributed by atoms with Gasteiger partial charge in [-0.15, -0.1) is 0 Å². The Kier molecular flexibility index (Phi) is 1.04. The van der Waals surface area contributed by atoms with Crippen LogP contribution in [0.25, 0.3) is 0 Å². The lowest BCUT2D eigenvalue weighted by molar-refractivity contribution is -0.148. The second kappa shape index (κ2) is 1.63. The Morgan fingerprint density at radius 3 is 2.50 bits per heavy atom. The maximum absolute atomic E-state index is 11.2. The summed E-state index contributed by atoms with van der Waals surface area (Å²) in [4.78, 5) is 11.2. The first kappa shape index (κ1) is 6.38. The van der Waals surface area contributed by atoms with E-state index in [9.17, 15) is 4.79 Å². The SMILES string of the molecule is CC1(C)[C@H]2CCC(=O)[C@H]1C2. The van der Waals surface area contributed by atoms with Gasteiger partial charge >= 0.3 is 0 Å². The molecule has 0 amide bonds. The van der Waals surface area contributed by atoms with Gasteiger partial charge in [-0.1, -0.05) is 13.8 Å². The van der Waals surface area contributed by atoms with Gasteiger partial charge in [0, 0.05) is 12.3 Å². The van der Waals surface area contributed by atoms with Crippen molar-refractivity contribution in [1.29, 1.82) is 0 Å². The van der Waals surface area contributed by atoms with E-state index in [0.717, 1.165) is 18.8 Å². The van der Waals surface area contributed by atoms with Crippen LogP contribution >= 0.6 is 0 Å². The first-order valence-electron chi connectivity index (χ1n) is 4.15. The molecule has 1 heteroatoms. The number of fused-ring (bicyclic) bond motifs is 2. The molecule has 56 valence electrons. The van der Waals surface area contributed by atoms with Gasteiger partial charge in [0.1, 0.15) is 5.78 Å². The van der Waals surface area contributed by atoms with Crippen LogP contribution in [0.2, 0.25) is 0 Å². The summed E-state index contributed by atoms with van der Waals surface area (Å²) in [6.07, 6.45) is 3.20. The van der Waals surface area contributed by atoms with Gasteiger partial charge in [-0.3, -0.25) is 4.79 Å². The van der Waals surface area contributed by atoms with Crippen LogP contribution in [0.5, 0.6) is 0 Å². The Hall–Kier alpha value is -0.330. The maximum atomic E-state index is 11.2. The maximum Gasteiger partial charge on any atom is 0.136 e. The molecule has 3 fully saturated rings. The molecule has 3 rings (SSSR count). The monoisotopic (exact) mass is 138 g/mol. The molecule has 0 aromatic heterocycles. The summed E-state index contributed by atoms with van der Waals surface area (Å²) in [6, 6.07) is 0. The summed E-state index contributed by atoms with van der Waals surface area (Å²) >= 11 is 0. The number of carbonyl (C=O) groups excluding carboxylic acids is 1. The molecule has 0 unspecified atom stereocenters. The highest BCUT2D eigenvalue weighted by Crippen LogP contribution is 2.57. The van der Waals surface area contributed by atoms with Crippen LogP contribution in [0.3, 0.4) is 0 Å². The fraction of sp³-hybridized carbons (Fsp3) is 0.889. The van der Waals surface area contributed by atoms with Gasteiger partial charge in [-0.05, 0) is 24.2 Å². The highest BCUT2D eigenvalue weighted by molar-refractivity contribution is 5.84. The minimum Gasteiger partial charge on any atom is -0.299 e. The summed E-state index contributed by atoms with van der Waals surface area (Å²) in [5.41, 5.74) is 0.356. The Morgan fingerprint density at radius 1 is 1.50 bits per heavy atom. The summed E-state index contributed by atoms with van der Waals surface area (Å²) in [6.45, 7) is 4.48. The van der Waals surface area contributed by atoms with Crippen molar-refractivity contribution in [2.45, 2.75) is 33.1 Å². The smallest absolute Gasteiger partial charge is 0.136 e. The van der Waals surface area contributed by atoms with Gasteiger partial charge in [0.15, 0.2) is 0 Å². The normalized spacial score (nSPS) is 42.8. The van der Waals surface area contributed by atoms with Crippen LogP contribution in [0, 0.1) is 17.3 Å². The average Bonchev–Trinajstić information content (AvgIpc) is 1.87. The molecule has 2 bridgehead atoms. The summed E-state index contributed by atoms with van der Waals surface area (Å²) < 4.78 is 0. The summed E-state index contributed by atoms with van der Waals surface area (Å²) in [5.74, 6) is 1.80. The lowest BCUT2D eigenvalue weighted by atomic mass is 9.48. The van der Waals surface area contributed by atoms with Crippen molar-refractivity contribution in [1.82, 2.24) is 0 Å². The van der Waals surface area contributed by atoms with E-state index in [0.29, 0.717) is 17.1 Å². The van der Waals surface area contributed by atoms with Gasteiger partial charge in [0.2, 0.25) is 0 Å². The first-order valence-corrected chi connectivity index (χ1v) is 4.15. The molecule has 0 spiro atoms. The molecule has 10 heavy (non-hydrogen) atoms. The Morgan fingerprint density at radius 2 is 2.20 bits per heavy atom. The molecule has 0 radical (unpaired) electrons. The zero-order chi connectivity index (χ0) is 7.35. The standard InChI is InChI=1S/C9H14O/c1-9(2)6-3-4-8(10)7(9)5-6/h6-7H,3-5H2,1-2H3/t6-,7+/m0/s1. The Labute approximate surface area is 61.8 Å². The second-order valence-electron chi connectivity index (χ2n) is 4.31. The quantitative estimate of drug-likeness (QED) is 0.500. The van der Waals surface area contributed by atoms with Crippen molar-refractivity contribution >= 4 is 5.78 Å². The molecule has 0 aromatic rings. The molecule has 3 aliphatic rings. The summed E-state index contributed by atoms with van der Waals surface area (Å²) in [5, 5.41) is 0.